The van der Waals surface area contributed by atoms with Gasteiger partial charge in [-0.15, -0.1) is 0 Å². The number of aliphatic hydroxyl groups is 6. The number of aliphatic hydroxyl groups excluding tert-OH is 6. The van der Waals surface area contributed by atoms with Gasteiger partial charge >= 0.3 is 7.82 Å². The second kappa shape index (κ2) is 21.2. The van der Waals surface area contributed by atoms with Crippen LogP contribution in [0.2, 0.25) is 0 Å². The van der Waals surface area contributed by atoms with E-state index in [9.17, 15) is 40.1 Å². The van der Waals surface area contributed by atoms with Crippen LogP contribution in [0, 0.1) is 0 Å². The summed E-state index contributed by atoms with van der Waals surface area (Å²) in [5.41, 5.74) is 0. The highest BCUT2D eigenvalue weighted by atomic mass is 31.2. The van der Waals surface area contributed by atoms with Crippen molar-refractivity contribution in [1.29, 1.82) is 0 Å². The van der Waals surface area contributed by atoms with Gasteiger partial charge in [0, 0.05) is 0 Å². The average molecular weight is 585 g/mol. The Morgan fingerprint density at radius 1 is 0.692 bits per heavy atom. The van der Waals surface area contributed by atoms with Crippen molar-refractivity contribution in [3.63, 3.8) is 0 Å². The maximum atomic E-state index is 12.1. The van der Waals surface area contributed by atoms with Crippen LogP contribution in [0.1, 0.15) is 103 Å². The van der Waals surface area contributed by atoms with E-state index in [-0.39, 0.29) is 6.61 Å². The molecule has 0 aliphatic heterocycles. The maximum Gasteiger partial charge on any atom is 0.472 e. The van der Waals surface area contributed by atoms with Crippen LogP contribution in [0.15, 0.2) is 12.3 Å². The zero-order valence-corrected chi connectivity index (χ0v) is 24.3. The molecule has 11 nitrogen and oxygen atoms in total. The Hall–Kier alpha value is -0.590. The van der Waals surface area contributed by atoms with Crippen molar-refractivity contribution in [3.05, 3.63) is 12.3 Å². The molecule has 1 saturated carbocycles. The largest absolute Gasteiger partial charge is 0.499 e. The zero-order valence-electron chi connectivity index (χ0n) is 23.4. The summed E-state index contributed by atoms with van der Waals surface area (Å²) in [6.45, 7) is 1.40. The van der Waals surface area contributed by atoms with Gasteiger partial charge in [-0.05, 0) is 18.9 Å². The third-order valence-electron chi connectivity index (χ3n) is 6.96. The van der Waals surface area contributed by atoms with Gasteiger partial charge in [-0.25, -0.2) is 4.57 Å². The summed E-state index contributed by atoms with van der Waals surface area (Å²) in [6.07, 6.45) is 9.62. The lowest BCUT2D eigenvalue weighted by atomic mass is 9.85. The second-order valence-corrected chi connectivity index (χ2v) is 11.9. The van der Waals surface area contributed by atoms with E-state index < -0.39 is 57.2 Å². The third-order valence-corrected chi connectivity index (χ3v) is 7.95. The minimum Gasteiger partial charge on any atom is -0.499 e. The molecular weight excluding hydrogens is 531 g/mol. The van der Waals surface area contributed by atoms with Crippen LogP contribution in [-0.4, -0.2) is 91.5 Å². The number of hydrogen-bond acceptors (Lipinski definition) is 10. The van der Waals surface area contributed by atoms with E-state index >= 15 is 0 Å². The summed E-state index contributed by atoms with van der Waals surface area (Å²) >= 11 is 0. The number of phosphoric acid groups is 1. The quantitative estimate of drug-likeness (QED) is 0.0531. The molecule has 0 bridgehead atoms. The van der Waals surface area contributed by atoms with E-state index in [0.29, 0.717) is 0 Å². The average Bonchev–Trinajstić information content (AvgIpc) is 2.91. The second-order valence-electron chi connectivity index (χ2n) is 10.5. The van der Waals surface area contributed by atoms with E-state index in [0.717, 1.165) is 19.3 Å². The maximum absolute atomic E-state index is 12.1. The molecule has 0 amide bonds. The summed E-state index contributed by atoms with van der Waals surface area (Å²) in [6, 6.07) is 0. The number of hydrogen-bond donors (Lipinski definition) is 7. The molecule has 0 heterocycles. The Morgan fingerprint density at radius 3 is 1.62 bits per heavy atom. The molecule has 0 radical (unpaired) electrons. The van der Waals surface area contributed by atoms with E-state index in [1.807, 2.05) is 6.08 Å². The van der Waals surface area contributed by atoms with E-state index in [1.54, 1.807) is 0 Å². The fraction of sp³-hybridized carbons (Fsp3) is 0.926. The van der Waals surface area contributed by atoms with Gasteiger partial charge in [0.05, 0.1) is 12.9 Å². The Morgan fingerprint density at radius 2 is 1.13 bits per heavy atom. The van der Waals surface area contributed by atoms with Crippen molar-refractivity contribution >= 4 is 7.82 Å². The minimum atomic E-state index is -4.90. The van der Waals surface area contributed by atoms with Crippen LogP contribution >= 0.6 is 7.82 Å². The Balaban J connectivity index is 2.03. The first-order chi connectivity index (χ1) is 18.6. The van der Waals surface area contributed by atoms with Gasteiger partial charge in [-0.1, -0.05) is 90.4 Å². The first kappa shape index (κ1) is 36.4. The Kier molecular flexibility index (Phi) is 19.8. The fourth-order valence-electron chi connectivity index (χ4n) is 4.49. The van der Waals surface area contributed by atoms with Crippen molar-refractivity contribution in [1.82, 2.24) is 0 Å². The molecule has 1 fully saturated rings. The fourth-order valence-corrected chi connectivity index (χ4v) is 5.47. The first-order valence-electron chi connectivity index (χ1n) is 14.6. The van der Waals surface area contributed by atoms with Crippen LogP contribution in [0.5, 0.6) is 0 Å². The normalized spacial score (nSPS) is 28.0. The number of phosphoric ester groups is 1. The Bertz CT molecular complexity index is 664. The highest BCUT2D eigenvalue weighted by molar-refractivity contribution is 7.47. The molecule has 12 heteroatoms. The summed E-state index contributed by atoms with van der Waals surface area (Å²) in [4.78, 5) is 9.81. The highest BCUT2D eigenvalue weighted by Gasteiger charge is 2.51. The predicted octanol–water partition coefficient (Wildman–Crippen LogP) is 3.07. The molecule has 8 atom stereocenters. The standard InChI is InChI=1S/C27H53O11P/c1-2-3-4-5-6-7-8-9-10-11-12-13-14-15-16-17-18-36-19-21(28)20-37-39(34,35)38-27-25(32)23(30)22(29)24(31)26(27)33/h17-18,21-33H,2-16,19-20H2,1H3,(H,34,35)/b18-17-/t21-,22?,23-,24?,25?,26?,27?/m1/s1. The summed E-state index contributed by atoms with van der Waals surface area (Å²) in [7, 11) is -4.90. The van der Waals surface area contributed by atoms with Crippen LogP contribution < -0.4 is 0 Å². The number of rotatable bonds is 23. The Labute approximate surface area is 233 Å². The molecule has 0 spiro atoms. The minimum absolute atomic E-state index is 0.201. The van der Waals surface area contributed by atoms with Crippen molar-refractivity contribution in [2.24, 2.45) is 0 Å². The lowest BCUT2D eigenvalue weighted by Crippen LogP contribution is -2.64. The lowest BCUT2D eigenvalue weighted by Gasteiger charge is -2.41. The van der Waals surface area contributed by atoms with E-state index in [4.69, 9.17) is 4.74 Å². The molecule has 0 saturated heterocycles. The predicted molar refractivity (Wildman–Crippen MR) is 147 cm³/mol. The van der Waals surface area contributed by atoms with Crippen molar-refractivity contribution in [3.8, 4) is 0 Å². The van der Waals surface area contributed by atoms with Gasteiger partial charge in [0.15, 0.2) is 0 Å². The van der Waals surface area contributed by atoms with Gasteiger partial charge < -0.3 is 40.3 Å². The molecule has 39 heavy (non-hydrogen) atoms. The SMILES string of the molecule is CCCCCCCCCCCCCCCC/C=C\OC[C@@H](O)COP(=O)(O)OC1C(O)C(O)C(O)[C@@H](O)C1O. The third kappa shape index (κ3) is 15.8. The molecule has 0 aromatic rings. The molecule has 0 aromatic heterocycles. The van der Waals surface area contributed by atoms with Crippen molar-refractivity contribution < 1.29 is 53.9 Å². The van der Waals surface area contributed by atoms with Crippen LogP contribution in [0.3, 0.4) is 0 Å². The molecule has 7 N–H and O–H groups in total. The zero-order chi connectivity index (χ0) is 29.1. The van der Waals surface area contributed by atoms with Gasteiger partial charge in [-0.2, -0.15) is 0 Å². The van der Waals surface area contributed by atoms with Crippen LogP contribution in [0.4, 0.5) is 0 Å². The molecule has 232 valence electrons. The lowest BCUT2D eigenvalue weighted by molar-refractivity contribution is -0.220. The number of ether oxygens (including phenoxy) is 1. The molecule has 1 rings (SSSR count). The topological polar surface area (TPSA) is 186 Å². The first-order valence-corrected chi connectivity index (χ1v) is 16.1. The van der Waals surface area contributed by atoms with E-state index in [2.05, 4.69) is 16.0 Å². The van der Waals surface area contributed by atoms with Gasteiger partial charge in [0.2, 0.25) is 0 Å². The summed E-state index contributed by atoms with van der Waals surface area (Å²) in [5, 5.41) is 58.5. The molecule has 6 unspecified atom stereocenters. The van der Waals surface area contributed by atoms with Crippen molar-refractivity contribution in [2.45, 2.75) is 146 Å². The molecule has 1 aliphatic carbocycles. The summed E-state index contributed by atoms with van der Waals surface area (Å²) in [5.74, 6) is 0. The molecule has 0 aromatic carbocycles. The highest BCUT2D eigenvalue weighted by Crippen LogP contribution is 2.47. The van der Waals surface area contributed by atoms with Gasteiger partial charge in [-0.3, -0.25) is 9.05 Å². The van der Waals surface area contributed by atoms with Crippen molar-refractivity contribution in [2.75, 3.05) is 13.2 Å². The van der Waals surface area contributed by atoms with Crippen LogP contribution in [0.25, 0.3) is 0 Å². The molecular formula is C27H53O11P. The number of allylic oxidation sites excluding steroid dienone is 1. The summed E-state index contributed by atoms with van der Waals surface area (Å²) < 4.78 is 26.7. The smallest absolute Gasteiger partial charge is 0.472 e. The monoisotopic (exact) mass is 584 g/mol. The number of unbranched alkanes of at least 4 members (excludes halogenated alkanes) is 14. The van der Waals surface area contributed by atoms with E-state index in [1.165, 1.54) is 83.3 Å². The molecule has 1 aliphatic rings. The van der Waals surface area contributed by atoms with Gasteiger partial charge in [0.1, 0.15) is 49.3 Å². The van der Waals surface area contributed by atoms with Crippen LogP contribution in [-0.2, 0) is 18.3 Å². The van der Waals surface area contributed by atoms with Gasteiger partial charge in [0.25, 0.3) is 0 Å².